The van der Waals surface area contributed by atoms with Crippen LogP contribution >= 0.6 is 0 Å². The molecule has 0 atom stereocenters. The minimum atomic E-state index is -4.37. The van der Waals surface area contributed by atoms with E-state index in [2.05, 4.69) is 15.3 Å². The lowest BCUT2D eigenvalue weighted by Crippen LogP contribution is -2.15. The smallest absolute Gasteiger partial charge is 0.416 e. The number of fused-ring (bicyclic) bond motifs is 1. The summed E-state index contributed by atoms with van der Waals surface area (Å²) in [4.78, 5) is 8.29. The van der Waals surface area contributed by atoms with Gasteiger partial charge in [-0.3, -0.25) is 0 Å². The second-order valence-corrected chi connectivity index (χ2v) is 5.85. The molecule has 27 heavy (non-hydrogen) atoms. The van der Waals surface area contributed by atoms with Crippen LogP contribution in [-0.2, 0) is 6.18 Å². The van der Waals surface area contributed by atoms with Crippen molar-refractivity contribution in [3.8, 4) is 22.8 Å². The number of rotatable bonds is 3. The molecule has 0 saturated carbocycles. The summed E-state index contributed by atoms with van der Waals surface area (Å²) in [5.41, 5.74) is 1.13. The molecular weight excluding hydrogens is 359 g/mol. The zero-order valence-corrected chi connectivity index (χ0v) is 14.0. The molecule has 1 aromatic heterocycles. The molecule has 0 aliphatic carbocycles. The maximum Gasteiger partial charge on any atom is 0.416 e. The van der Waals surface area contributed by atoms with Crippen molar-refractivity contribution in [3.05, 3.63) is 60.4 Å². The predicted molar refractivity (Wildman–Crippen MR) is 93.2 cm³/mol. The number of halogens is 3. The van der Waals surface area contributed by atoms with Crippen LogP contribution in [0.5, 0.6) is 11.5 Å². The van der Waals surface area contributed by atoms with Gasteiger partial charge in [-0.15, -0.1) is 0 Å². The van der Waals surface area contributed by atoms with E-state index in [-0.39, 0.29) is 0 Å². The van der Waals surface area contributed by atoms with Gasteiger partial charge in [-0.25, -0.2) is 9.97 Å². The standard InChI is InChI=1S/C19H14F3N3O2/c20-19(21,22)13-3-1-12(2-4-13)15-10-18(24-11-23-15)25-14-5-6-16-17(9-14)27-8-7-26-16/h1-6,9-11H,7-8H2,(H,23,24,25). The normalized spacial score (nSPS) is 13.3. The largest absolute Gasteiger partial charge is 0.486 e. The molecule has 0 radical (unpaired) electrons. The zero-order valence-electron chi connectivity index (χ0n) is 14.0. The molecular formula is C19H14F3N3O2. The monoisotopic (exact) mass is 373 g/mol. The lowest BCUT2D eigenvalue weighted by atomic mass is 10.1. The van der Waals surface area contributed by atoms with E-state index in [0.717, 1.165) is 17.8 Å². The zero-order chi connectivity index (χ0) is 18.9. The molecule has 0 spiro atoms. The summed E-state index contributed by atoms with van der Waals surface area (Å²) < 4.78 is 49.1. The van der Waals surface area contributed by atoms with Crippen LogP contribution in [0, 0.1) is 0 Å². The van der Waals surface area contributed by atoms with E-state index < -0.39 is 11.7 Å². The van der Waals surface area contributed by atoms with Crippen molar-refractivity contribution < 1.29 is 22.6 Å². The summed E-state index contributed by atoms with van der Waals surface area (Å²) >= 11 is 0. The van der Waals surface area contributed by atoms with Gasteiger partial charge in [0.1, 0.15) is 25.4 Å². The molecule has 2 heterocycles. The topological polar surface area (TPSA) is 56.3 Å². The van der Waals surface area contributed by atoms with Gasteiger partial charge in [-0.1, -0.05) is 12.1 Å². The second kappa shape index (κ2) is 6.79. The fraction of sp³-hybridized carbons (Fsp3) is 0.158. The Morgan fingerprint density at radius 1 is 0.852 bits per heavy atom. The Morgan fingerprint density at radius 3 is 2.33 bits per heavy atom. The van der Waals surface area contributed by atoms with Crippen LogP contribution in [0.15, 0.2) is 54.9 Å². The summed E-state index contributed by atoms with van der Waals surface area (Å²) in [6.45, 7) is 1.00. The van der Waals surface area contributed by atoms with Crippen LogP contribution in [-0.4, -0.2) is 23.2 Å². The first-order chi connectivity index (χ1) is 13.0. The molecule has 8 heteroatoms. The highest BCUT2D eigenvalue weighted by atomic mass is 19.4. The number of nitrogens with one attached hydrogen (secondary N) is 1. The lowest BCUT2D eigenvalue weighted by molar-refractivity contribution is -0.137. The third-order valence-electron chi connectivity index (χ3n) is 3.99. The summed E-state index contributed by atoms with van der Waals surface area (Å²) in [5, 5.41) is 3.13. The van der Waals surface area contributed by atoms with Gasteiger partial charge in [0.15, 0.2) is 11.5 Å². The van der Waals surface area contributed by atoms with Crippen LogP contribution in [0.4, 0.5) is 24.7 Å². The van der Waals surface area contributed by atoms with Crippen LogP contribution in [0.1, 0.15) is 5.56 Å². The molecule has 138 valence electrons. The maximum absolute atomic E-state index is 12.7. The molecule has 0 unspecified atom stereocenters. The highest BCUT2D eigenvalue weighted by molar-refractivity contribution is 5.67. The second-order valence-electron chi connectivity index (χ2n) is 5.85. The minimum absolute atomic E-state index is 0.488. The van der Waals surface area contributed by atoms with Gasteiger partial charge in [-0.05, 0) is 24.3 Å². The number of benzene rings is 2. The van der Waals surface area contributed by atoms with Crippen molar-refractivity contribution in [3.63, 3.8) is 0 Å². The van der Waals surface area contributed by atoms with Gasteiger partial charge in [0.2, 0.25) is 0 Å². The number of anilines is 2. The number of aromatic nitrogens is 2. The Morgan fingerprint density at radius 2 is 1.59 bits per heavy atom. The highest BCUT2D eigenvalue weighted by Crippen LogP contribution is 2.34. The van der Waals surface area contributed by atoms with Crippen LogP contribution in [0.3, 0.4) is 0 Å². The van der Waals surface area contributed by atoms with Crippen LogP contribution in [0.25, 0.3) is 11.3 Å². The number of alkyl halides is 3. The Bertz CT molecular complexity index is 959. The summed E-state index contributed by atoms with van der Waals surface area (Å²) in [7, 11) is 0. The molecule has 4 rings (SSSR count). The third-order valence-corrected chi connectivity index (χ3v) is 3.99. The first-order valence-corrected chi connectivity index (χ1v) is 8.15. The summed E-state index contributed by atoms with van der Waals surface area (Å²) in [6.07, 6.45) is -3.01. The fourth-order valence-corrected chi connectivity index (χ4v) is 2.68. The van der Waals surface area contributed by atoms with Gasteiger partial charge in [0.25, 0.3) is 0 Å². The van der Waals surface area contributed by atoms with Crippen molar-refractivity contribution >= 4 is 11.5 Å². The number of nitrogens with zero attached hydrogens (tertiary/aromatic N) is 2. The van der Waals surface area contributed by atoms with Gasteiger partial charge in [-0.2, -0.15) is 13.2 Å². The van der Waals surface area contributed by atoms with E-state index in [1.807, 2.05) is 6.07 Å². The molecule has 5 nitrogen and oxygen atoms in total. The van der Waals surface area contributed by atoms with Gasteiger partial charge < -0.3 is 14.8 Å². The molecule has 0 amide bonds. The van der Waals surface area contributed by atoms with Crippen molar-refractivity contribution in [2.45, 2.75) is 6.18 Å². The molecule has 2 aromatic carbocycles. The minimum Gasteiger partial charge on any atom is -0.486 e. The molecule has 0 bridgehead atoms. The third kappa shape index (κ3) is 3.79. The van der Waals surface area contributed by atoms with Crippen molar-refractivity contribution in [1.29, 1.82) is 0 Å². The fourth-order valence-electron chi connectivity index (χ4n) is 2.68. The maximum atomic E-state index is 12.7. The molecule has 0 saturated heterocycles. The Labute approximate surface area is 152 Å². The van der Waals surface area contributed by atoms with E-state index in [9.17, 15) is 13.2 Å². The SMILES string of the molecule is FC(F)(F)c1ccc(-c2cc(Nc3ccc4c(c3)OCCO4)ncn2)cc1. The van der Waals surface area contributed by atoms with Gasteiger partial charge in [0.05, 0.1) is 11.3 Å². The van der Waals surface area contributed by atoms with Crippen molar-refractivity contribution in [1.82, 2.24) is 9.97 Å². The van der Waals surface area contributed by atoms with E-state index in [1.165, 1.54) is 18.5 Å². The average Bonchev–Trinajstić information content (AvgIpc) is 2.68. The molecule has 3 aromatic rings. The van der Waals surface area contributed by atoms with Crippen molar-refractivity contribution in [2.24, 2.45) is 0 Å². The number of hydrogen-bond donors (Lipinski definition) is 1. The first-order valence-electron chi connectivity index (χ1n) is 8.15. The van der Waals surface area contributed by atoms with Gasteiger partial charge in [0, 0.05) is 23.4 Å². The van der Waals surface area contributed by atoms with E-state index in [1.54, 1.807) is 18.2 Å². The van der Waals surface area contributed by atoms with E-state index in [0.29, 0.717) is 41.8 Å². The highest BCUT2D eigenvalue weighted by Gasteiger charge is 2.30. The van der Waals surface area contributed by atoms with E-state index in [4.69, 9.17) is 9.47 Å². The van der Waals surface area contributed by atoms with E-state index >= 15 is 0 Å². The van der Waals surface area contributed by atoms with Gasteiger partial charge >= 0.3 is 6.18 Å². The quantitative estimate of drug-likeness (QED) is 0.723. The molecule has 1 aliphatic heterocycles. The first kappa shape index (κ1) is 17.1. The van der Waals surface area contributed by atoms with Crippen molar-refractivity contribution in [2.75, 3.05) is 18.5 Å². The lowest BCUT2D eigenvalue weighted by Gasteiger charge is -2.19. The Kier molecular flexibility index (Phi) is 4.31. The Balaban J connectivity index is 1.56. The molecule has 0 fully saturated rings. The number of hydrogen-bond acceptors (Lipinski definition) is 5. The van der Waals surface area contributed by atoms with Crippen LogP contribution < -0.4 is 14.8 Å². The summed E-state index contributed by atoms with van der Waals surface area (Å²) in [5.74, 6) is 1.83. The Hall–Kier alpha value is -3.29. The predicted octanol–water partition coefficient (Wildman–Crippen LogP) is 4.68. The molecule has 1 N–H and O–H groups in total. The van der Waals surface area contributed by atoms with Crippen LogP contribution in [0.2, 0.25) is 0 Å². The average molecular weight is 373 g/mol. The summed E-state index contributed by atoms with van der Waals surface area (Å²) in [6, 6.07) is 11.9. The number of ether oxygens (including phenoxy) is 2. The molecule has 1 aliphatic rings.